The lowest BCUT2D eigenvalue weighted by Gasteiger charge is -1.91. The van der Waals surface area contributed by atoms with Crippen LogP contribution in [0.2, 0.25) is 0 Å². The fourth-order valence-corrected chi connectivity index (χ4v) is 0.701. The van der Waals surface area contributed by atoms with Gasteiger partial charge < -0.3 is 20.1 Å². The number of hydrogen-bond acceptors (Lipinski definition) is 3. The van der Waals surface area contributed by atoms with Crippen LogP contribution >= 0.6 is 0 Å². The van der Waals surface area contributed by atoms with E-state index in [9.17, 15) is 0 Å². The minimum absolute atomic E-state index is 0. The van der Waals surface area contributed by atoms with E-state index in [1.807, 2.05) is 18.2 Å². The van der Waals surface area contributed by atoms with Gasteiger partial charge in [-0.25, -0.2) is 0 Å². The van der Waals surface area contributed by atoms with E-state index in [1.54, 1.807) is 21.1 Å². The van der Waals surface area contributed by atoms with Gasteiger partial charge in [-0.05, 0) is 13.8 Å². The van der Waals surface area contributed by atoms with Crippen LogP contribution in [0.25, 0.3) is 0 Å². The molecule has 0 heterocycles. The Hall–Kier alpha value is -0.940. The Bertz CT molecular complexity index is 198. The number of ether oxygens (including phenoxy) is 2. The first kappa shape index (κ1) is 21.4. The Labute approximate surface area is 104 Å². The van der Waals surface area contributed by atoms with Crippen LogP contribution in [0.1, 0.15) is 12.5 Å². The van der Waals surface area contributed by atoms with Crippen LogP contribution in [-0.2, 0) is 9.47 Å². The first-order valence-corrected chi connectivity index (χ1v) is 5.33. The van der Waals surface area contributed by atoms with Crippen molar-refractivity contribution in [3.05, 3.63) is 35.9 Å². The summed E-state index contributed by atoms with van der Waals surface area (Å²) in [6.07, 6.45) is 0. The molecule has 0 unspecified atom stereocenters. The zero-order valence-electron chi connectivity index (χ0n) is 11.3. The van der Waals surface area contributed by atoms with Gasteiger partial charge in [0, 0.05) is 20.8 Å². The van der Waals surface area contributed by atoms with E-state index in [0.717, 1.165) is 0 Å². The number of aryl methyl sites for hydroxylation is 1. The second kappa shape index (κ2) is 20.5. The summed E-state index contributed by atoms with van der Waals surface area (Å²) in [5.41, 5.74) is 1.32. The van der Waals surface area contributed by atoms with Crippen LogP contribution in [0.3, 0.4) is 0 Å². The zero-order valence-corrected chi connectivity index (χ0v) is 11.3. The minimum atomic E-state index is 0. The molecule has 0 spiro atoms. The third kappa shape index (κ3) is 25.4. The maximum Gasteiger partial charge on any atom is 0.0696 e. The molecule has 3 N–H and O–H groups in total. The van der Waals surface area contributed by atoms with Crippen molar-refractivity contribution in [3.63, 3.8) is 0 Å². The Balaban J connectivity index is -0.000000182. The van der Waals surface area contributed by atoms with Gasteiger partial charge in [0.2, 0.25) is 0 Å². The molecule has 4 heteroatoms. The Morgan fingerprint density at radius 1 is 1.00 bits per heavy atom. The summed E-state index contributed by atoms with van der Waals surface area (Å²) in [5, 5.41) is 7.57. The van der Waals surface area contributed by atoms with E-state index in [-0.39, 0.29) is 12.1 Å². The van der Waals surface area contributed by atoms with Crippen LogP contribution in [0.5, 0.6) is 0 Å². The number of aliphatic hydroxyl groups excluding tert-OH is 1. The fraction of sp³-hybridized carbons (Fsp3) is 0.538. The molecule has 0 atom stereocenters. The van der Waals surface area contributed by atoms with Crippen LogP contribution in [0.4, 0.5) is 0 Å². The van der Waals surface area contributed by atoms with Gasteiger partial charge in [0.05, 0.1) is 13.2 Å². The summed E-state index contributed by atoms with van der Waals surface area (Å²) in [6, 6.07) is 10.3. The first-order valence-electron chi connectivity index (χ1n) is 5.33. The fourth-order valence-electron chi connectivity index (χ4n) is 0.701. The second-order valence-corrected chi connectivity index (χ2v) is 2.96. The smallest absolute Gasteiger partial charge is 0.0696 e. The van der Waals surface area contributed by atoms with Crippen molar-refractivity contribution in [2.75, 3.05) is 34.0 Å². The van der Waals surface area contributed by atoms with Crippen molar-refractivity contribution in [2.45, 2.75) is 13.8 Å². The standard InChI is InChI=1S/C7H8.C4H10O2.C2H6O.H2O/c1-7-5-3-2-4-6-7;1-5-3-4-6-2;1-2-3;/h2-6H,1H3;3-4H2,1-2H3;3H,2H2,1H3;1H2. The predicted octanol–water partition coefficient (Wildman–Crippen LogP) is 1.45. The highest BCUT2D eigenvalue weighted by molar-refractivity contribution is 5.11. The number of benzene rings is 1. The molecule has 102 valence electrons. The lowest BCUT2D eigenvalue weighted by atomic mass is 10.2. The molecule has 0 bridgehead atoms. The highest BCUT2D eigenvalue weighted by atomic mass is 16.5. The van der Waals surface area contributed by atoms with Crippen molar-refractivity contribution < 1.29 is 20.1 Å². The molecule has 0 aliphatic carbocycles. The quantitative estimate of drug-likeness (QED) is 0.821. The maximum absolute atomic E-state index is 7.57. The normalized spacial score (nSPS) is 7.82. The molecule has 0 amide bonds. The summed E-state index contributed by atoms with van der Waals surface area (Å²) < 4.78 is 9.31. The van der Waals surface area contributed by atoms with Gasteiger partial charge in [-0.1, -0.05) is 35.9 Å². The molecule has 0 fully saturated rings. The van der Waals surface area contributed by atoms with Crippen molar-refractivity contribution in [3.8, 4) is 0 Å². The number of aliphatic hydroxyl groups is 1. The molecule has 1 aromatic carbocycles. The largest absolute Gasteiger partial charge is 0.412 e. The topological polar surface area (TPSA) is 70.2 Å². The maximum atomic E-state index is 7.57. The molecule has 0 radical (unpaired) electrons. The van der Waals surface area contributed by atoms with Gasteiger partial charge in [-0.2, -0.15) is 0 Å². The SMILES string of the molecule is CCO.COCCOC.Cc1ccccc1.O. The Kier molecular flexibility index (Phi) is 25.7. The molecular formula is C13H26O4. The molecule has 1 rings (SSSR count). The average molecular weight is 246 g/mol. The van der Waals surface area contributed by atoms with E-state index >= 15 is 0 Å². The third-order valence-corrected chi connectivity index (χ3v) is 1.43. The van der Waals surface area contributed by atoms with Gasteiger partial charge in [0.1, 0.15) is 0 Å². The second-order valence-electron chi connectivity index (χ2n) is 2.96. The van der Waals surface area contributed by atoms with Crippen molar-refractivity contribution >= 4 is 0 Å². The van der Waals surface area contributed by atoms with E-state index in [4.69, 9.17) is 5.11 Å². The van der Waals surface area contributed by atoms with E-state index in [1.165, 1.54) is 5.56 Å². The minimum Gasteiger partial charge on any atom is -0.412 e. The molecule has 0 aliphatic rings. The van der Waals surface area contributed by atoms with Crippen molar-refractivity contribution in [1.29, 1.82) is 0 Å². The van der Waals surface area contributed by atoms with Gasteiger partial charge in [0.15, 0.2) is 0 Å². The summed E-state index contributed by atoms with van der Waals surface area (Å²) >= 11 is 0. The Morgan fingerprint density at radius 3 is 1.53 bits per heavy atom. The summed E-state index contributed by atoms with van der Waals surface area (Å²) in [5.74, 6) is 0. The predicted molar refractivity (Wildman–Crippen MR) is 71.3 cm³/mol. The van der Waals surface area contributed by atoms with Crippen molar-refractivity contribution in [2.24, 2.45) is 0 Å². The molecule has 0 aliphatic heterocycles. The van der Waals surface area contributed by atoms with E-state index in [0.29, 0.717) is 13.2 Å². The third-order valence-electron chi connectivity index (χ3n) is 1.43. The highest BCUT2D eigenvalue weighted by Crippen LogP contribution is 1.92. The van der Waals surface area contributed by atoms with E-state index in [2.05, 4.69) is 28.5 Å². The van der Waals surface area contributed by atoms with Crippen LogP contribution in [0.15, 0.2) is 30.3 Å². The van der Waals surface area contributed by atoms with Crippen LogP contribution in [-0.4, -0.2) is 44.6 Å². The molecule has 0 aromatic heterocycles. The molecule has 4 nitrogen and oxygen atoms in total. The van der Waals surface area contributed by atoms with Gasteiger partial charge in [-0.3, -0.25) is 0 Å². The lowest BCUT2D eigenvalue weighted by molar-refractivity contribution is 0.103. The van der Waals surface area contributed by atoms with E-state index < -0.39 is 0 Å². The summed E-state index contributed by atoms with van der Waals surface area (Å²) in [7, 11) is 3.30. The van der Waals surface area contributed by atoms with Crippen LogP contribution in [0, 0.1) is 6.92 Å². The average Bonchev–Trinajstić information content (AvgIpc) is 2.29. The highest BCUT2D eigenvalue weighted by Gasteiger charge is 1.73. The monoisotopic (exact) mass is 246 g/mol. The van der Waals surface area contributed by atoms with Crippen LogP contribution < -0.4 is 0 Å². The van der Waals surface area contributed by atoms with Gasteiger partial charge in [-0.15, -0.1) is 0 Å². The molecule has 17 heavy (non-hydrogen) atoms. The molecule has 0 saturated carbocycles. The van der Waals surface area contributed by atoms with Crippen molar-refractivity contribution in [1.82, 2.24) is 0 Å². The number of methoxy groups -OCH3 is 2. The first-order chi connectivity index (χ1) is 7.72. The molecular weight excluding hydrogens is 220 g/mol. The molecule has 1 aromatic rings. The Morgan fingerprint density at radius 2 is 1.35 bits per heavy atom. The van der Waals surface area contributed by atoms with Gasteiger partial charge in [0.25, 0.3) is 0 Å². The number of rotatable bonds is 3. The van der Waals surface area contributed by atoms with Gasteiger partial charge >= 0.3 is 0 Å². The number of hydrogen-bond donors (Lipinski definition) is 1. The lowest BCUT2D eigenvalue weighted by Crippen LogP contribution is -1.96. The zero-order chi connectivity index (χ0) is 12.6. The summed E-state index contributed by atoms with van der Waals surface area (Å²) in [4.78, 5) is 0. The molecule has 0 saturated heterocycles. The summed E-state index contributed by atoms with van der Waals surface area (Å²) in [6.45, 7) is 5.40.